The molecule has 0 spiro atoms. The van der Waals surface area contributed by atoms with Gasteiger partial charge in [0.2, 0.25) is 20.0 Å². The summed E-state index contributed by atoms with van der Waals surface area (Å²) in [6, 6.07) is 10.8. The first kappa shape index (κ1) is 24.5. The third kappa shape index (κ3) is 5.09. The second kappa shape index (κ2) is 10.2. The van der Waals surface area contributed by atoms with Crippen LogP contribution in [0.15, 0.2) is 52.3 Å². The summed E-state index contributed by atoms with van der Waals surface area (Å²) < 4.78 is 65.5. The van der Waals surface area contributed by atoms with E-state index in [1.807, 2.05) is 6.92 Å². The van der Waals surface area contributed by atoms with E-state index in [0.29, 0.717) is 31.2 Å². The molecule has 32 heavy (non-hydrogen) atoms. The van der Waals surface area contributed by atoms with Crippen molar-refractivity contribution in [2.75, 3.05) is 33.4 Å². The van der Waals surface area contributed by atoms with Gasteiger partial charge in [-0.05, 0) is 61.7 Å². The Kier molecular flexibility index (Phi) is 7.81. The zero-order chi connectivity index (χ0) is 23.4. The molecule has 1 saturated heterocycles. The number of hydrogen-bond acceptors (Lipinski definition) is 6. The van der Waals surface area contributed by atoms with E-state index in [-0.39, 0.29) is 22.9 Å². The van der Waals surface area contributed by atoms with Crippen LogP contribution in [0.2, 0.25) is 0 Å². The lowest BCUT2D eigenvalue weighted by molar-refractivity contribution is 0.310. The molecule has 0 aliphatic carbocycles. The first-order chi connectivity index (χ1) is 15.2. The minimum absolute atomic E-state index is 0.0534. The van der Waals surface area contributed by atoms with Gasteiger partial charge in [0.1, 0.15) is 0 Å². The van der Waals surface area contributed by atoms with Crippen LogP contribution in [0.25, 0.3) is 0 Å². The van der Waals surface area contributed by atoms with Crippen LogP contribution >= 0.6 is 0 Å². The maximum atomic E-state index is 13.2. The van der Waals surface area contributed by atoms with Crippen molar-refractivity contribution in [2.45, 2.75) is 43.0 Å². The summed E-state index contributed by atoms with van der Waals surface area (Å²) in [5.74, 6) is 1.13. The number of methoxy groups -OCH3 is 1. The van der Waals surface area contributed by atoms with E-state index in [1.54, 1.807) is 25.1 Å². The number of rotatable bonds is 10. The molecule has 0 unspecified atom stereocenters. The zero-order valence-corrected chi connectivity index (χ0v) is 20.3. The second-order valence-electron chi connectivity index (χ2n) is 7.43. The van der Waals surface area contributed by atoms with Gasteiger partial charge in [-0.2, -0.15) is 8.61 Å². The van der Waals surface area contributed by atoms with Gasteiger partial charge in [-0.15, -0.1) is 0 Å². The standard InChI is InChI=1S/C22H30N2O6S2/c1-4-23(17-18-8-13-21(30-5-2)22(16-18)29-3)31(25,26)19-9-11-20(12-10-19)32(27,28)24-14-6-7-15-24/h8-13,16H,4-7,14-15,17H2,1-3H3. The van der Waals surface area contributed by atoms with Crippen molar-refractivity contribution in [3.8, 4) is 11.5 Å². The lowest BCUT2D eigenvalue weighted by atomic mass is 10.2. The number of benzene rings is 2. The molecule has 0 aromatic heterocycles. The van der Waals surface area contributed by atoms with E-state index in [4.69, 9.17) is 9.47 Å². The summed E-state index contributed by atoms with van der Waals surface area (Å²) in [4.78, 5) is 0.162. The van der Waals surface area contributed by atoms with E-state index in [1.165, 1.54) is 40.0 Å². The predicted octanol–water partition coefficient (Wildman–Crippen LogP) is 3.09. The molecular weight excluding hydrogens is 452 g/mol. The van der Waals surface area contributed by atoms with Crippen molar-refractivity contribution in [1.82, 2.24) is 8.61 Å². The quantitative estimate of drug-likeness (QED) is 0.517. The second-order valence-corrected chi connectivity index (χ2v) is 11.3. The normalized spacial score (nSPS) is 15.2. The van der Waals surface area contributed by atoms with Gasteiger partial charge in [-0.25, -0.2) is 16.8 Å². The van der Waals surface area contributed by atoms with Crippen molar-refractivity contribution >= 4 is 20.0 Å². The van der Waals surface area contributed by atoms with Gasteiger partial charge in [-0.1, -0.05) is 13.0 Å². The summed E-state index contributed by atoms with van der Waals surface area (Å²) in [6.07, 6.45) is 1.68. The molecule has 1 fully saturated rings. The van der Waals surface area contributed by atoms with E-state index in [2.05, 4.69) is 0 Å². The van der Waals surface area contributed by atoms with Crippen molar-refractivity contribution in [3.05, 3.63) is 48.0 Å². The minimum atomic E-state index is -3.82. The van der Waals surface area contributed by atoms with E-state index >= 15 is 0 Å². The molecular formula is C22H30N2O6S2. The first-order valence-electron chi connectivity index (χ1n) is 10.6. The molecule has 2 aromatic carbocycles. The number of sulfonamides is 2. The minimum Gasteiger partial charge on any atom is -0.493 e. The maximum absolute atomic E-state index is 13.2. The molecule has 3 rings (SSSR count). The lowest BCUT2D eigenvalue weighted by Gasteiger charge is -2.22. The fraction of sp³-hybridized carbons (Fsp3) is 0.455. The topological polar surface area (TPSA) is 93.2 Å². The SMILES string of the molecule is CCOc1ccc(CN(CC)S(=O)(=O)c2ccc(S(=O)(=O)N3CCCC3)cc2)cc1OC. The number of ether oxygens (including phenoxy) is 2. The van der Waals surface area contributed by atoms with Crippen molar-refractivity contribution < 1.29 is 26.3 Å². The van der Waals surface area contributed by atoms with Gasteiger partial charge in [0.25, 0.3) is 0 Å². The molecule has 0 bridgehead atoms. The van der Waals surface area contributed by atoms with Gasteiger partial charge in [0.15, 0.2) is 11.5 Å². The van der Waals surface area contributed by atoms with Crippen LogP contribution in [0.4, 0.5) is 0 Å². The van der Waals surface area contributed by atoms with Gasteiger partial charge in [-0.3, -0.25) is 0 Å². The van der Waals surface area contributed by atoms with E-state index < -0.39 is 20.0 Å². The van der Waals surface area contributed by atoms with Crippen molar-refractivity contribution in [2.24, 2.45) is 0 Å². The predicted molar refractivity (Wildman–Crippen MR) is 122 cm³/mol. The van der Waals surface area contributed by atoms with Crippen LogP contribution in [-0.2, 0) is 26.6 Å². The Morgan fingerprint density at radius 1 is 0.906 bits per heavy atom. The molecule has 2 aromatic rings. The highest BCUT2D eigenvalue weighted by atomic mass is 32.2. The molecule has 0 amide bonds. The molecule has 1 aliphatic rings. The van der Waals surface area contributed by atoms with Crippen molar-refractivity contribution in [3.63, 3.8) is 0 Å². The Hall–Kier alpha value is -2.14. The lowest BCUT2D eigenvalue weighted by Crippen LogP contribution is -2.31. The Morgan fingerprint density at radius 2 is 1.53 bits per heavy atom. The van der Waals surface area contributed by atoms with Crippen LogP contribution in [-0.4, -0.2) is 58.8 Å². The van der Waals surface area contributed by atoms with Crippen LogP contribution in [0.3, 0.4) is 0 Å². The Labute approximate surface area is 190 Å². The van der Waals surface area contributed by atoms with Gasteiger partial charge in [0, 0.05) is 26.2 Å². The molecule has 8 nitrogen and oxygen atoms in total. The third-order valence-electron chi connectivity index (χ3n) is 5.40. The summed E-state index contributed by atoms with van der Waals surface area (Å²) in [6.45, 7) is 5.53. The van der Waals surface area contributed by atoms with Crippen LogP contribution < -0.4 is 9.47 Å². The summed E-state index contributed by atoms with van der Waals surface area (Å²) in [5, 5.41) is 0. The molecule has 10 heteroatoms. The Balaban J connectivity index is 1.82. The summed E-state index contributed by atoms with van der Waals surface area (Å²) >= 11 is 0. The van der Waals surface area contributed by atoms with E-state index in [0.717, 1.165) is 18.4 Å². The van der Waals surface area contributed by atoms with Crippen molar-refractivity contribution in [1.29, 1.82) is 0 Å². The fourth-order valence-corrected chi connectivity index (χ4v) is 6.62. The molecule has 176 valence electrons. The molecule has 0 saturated carbocycles. The summed E-state index contributed by atoms with van der Waals surface area (Å²) in [5.41, 5.74) is 0.754. The third-order valence-corrected chi connectivity index (χ3v) is 9.25. The van der Waals surface area contributed by atoms with E-state index in [9.17, 15) is 16.8 Å². The summed E-state index contributed by atoms with van der Waals surface area (Å²) in [7, 11) is -5.88. The highest BCUT2D eigenvalue weighted by Gasteiger charge is 2.29. The molecule has 1 aliphatic heterocycles. The molecule has 0 radical (unpaired) electrons. The van der Waals surface area contributed by atoms with Gasteiger partial charge < -0.3 is 9.47 Å². The highest BCUT2D eigenvalue weighted by Crippen LogP contribution is 2.30. The molecule has 0 N–H and O–H groups in total. The van der Waals surface area contributed by atoms with Crippen LogP contribution in [0, 0.1) is 0 Å². The maximum Gasteiger partial charge on any atom is 0.243 e. The zero-order valence-electron chi connectivity index (χ0n) is 18.7. The first-order valence-corrected chi connectivity index (χ1v) is 13.5. The average molecular weight is 483 g/mol. The highest BCUT2D eigenvalue weighted by molar-refractivity contribution is 7.89. The van der Waals surface area contributed by atoms with Crippen LogP contribution in [0.5, 0.6) is 11.5 Å². The molecule has 1 heterocycles. The molecule has 0 atom stereocenters. The van der Waals surface area contributed by atoms with Gasteiger partial charge >= 0.3 is 0 Å². The Morgan fingerprint density at radius 3 is 2.09 bits per heavy atom. The largest absolute Gasteiger partial charge is 0.493 e. The Bertz CT molecular complexity index is 1130. The number of hydrogen-bond donors (Lipinski definition) is 0. The monoisotopic (exact) mass is 482 g/mol. The smallest absolute Gasteiger partial charge is 0.243 e. The van der Waals surface area contributed by atoms with Crippen LogP contribution in [0.1, 0.15) is 32.3 Å². The number of nitrogens with zero attached hydrogens (tertiary/aromatic N) is 2. The fourth-order valence-electron chi connectivity index (χ4n) is 3.67. The van der Waals surface area contributed by atoms with Gasteiger partial charge in [0.05, 0.1) is 23.5 Å². The average Bonchev–Trinajstić information content (AvgIpc) is 3.34.